The Labute approximate surface area is 186 Å². The maximum atomic E-state index is 15.2. The van der Waals surface area contributed by atoms with Gasteiger partial charge in [-0.1, -0.05) is 0 Å². The molecular weight excluding hydrogens is 465 g/mol. The highest BCUT2D eigenvalue weighted by molar-refractivity contribution is 7.90. The van der Waals surface area contributed by atoms with Gasteiger partial charge >= 0.3 is 0 Å². The Morgan fingerprint density at radius 1 is 1.31 bits per heavy atom. The van der Waals surface area contributed by atoms with E-state index in [4.69, 9.17) is 15.1 Å². The molecule has 2 atom stereocenters. The first-order valence-electron chi connectivity index (χ1n) is 9.44. The number of hydrogen-bond acceptors (Lipinski definition) is 5. The van der Waals surface area contributed by atoms with Gasteiger partial charge in [0.15, 0.2) is 9.84 Å². The van der Waals surface area contributed by atoms with Gasteiger partial charge in [-0.05, 0) is 50.1 Å². The van der Waals surface area contributed by atoms with E-state index in [0.717, 1.165) is 24.5 Å². The van der Waals surface area contributed by atoms with E-state index >= 15 is 8.78 Å². The van der Waals surface area contributed by atoms with E-state index in [-0.39, 0.29) is 39.5 Å². The molecule has 11 heteroatoms. The van der Waals surface area contributed by atoms with E-state index in [1.807, 2.05) is 0 Å². The summed E-state index contributed by atoms with van der Waals surface area (Å²) in [5, 5.41) is 14.5. The molecule has 0 spiro atoms. The van der Waals surface area contributed by atoms with Crippen molar-refractivity contribution in [1.29, 1.82) is 5.26 Å². The number of rotatable bonds is 6. The monoisotopic (exact) mass is 486 g/mol. The van der Waals surface area contributed by atoms with Gasteiger partial charge in [0.25, 0.3) is 5.92 Å². The zero-order valence-corrected chi connectivity index (χ0v) is 19.1. The molecule has 1 aliphatic carbocycles. The molecule has 0 saturated carbocycles. The van der Waals surface area contributed by atoms with Crippen LogP contribution in [0.1, 0.15) is 42.9 Å². The summed E-state index contributed by atoms with van der Waals surface area (Å²) in [5.41, 5.74) is -0.186. The van der Waals surface area contributed by atoms with Crippen molar-refractivity contribution >= 4 is 20.8 Å². The number of alkyl halides is 2. The summed E-state index contributed by atoms with van der Waals surface area (Å²) in [7, 11) is -5.83. The minimum absolute atomic E-state index is 0.0280. The molecule has 1 aliphatic rings. The third-order valence-electron chi connectivity index (χ3n) is 5.41. The number of benzene rings is 2. The summed E-state index contributed by atoms with van der Waals surface area (Å²) in [6, 6.07) is 7.39. The number of ether oxygens (including phenoxy) is 1. The zero-order chi connectivity index (χ0) is 24.1. The van der Waals surface area contributed by atoms with Gasteiger partial charge in [0.2, 0.25) is 0 Å². The molecule has 32 heavy (non-hydrogen) atoms. The van der Waals surface area contributed by atoms with Crippen LogP contribution in [0.4, 0.5) is 13.2 Å². The quantitative estimate of drug-likeness (QED) is 0.665. The number of halogens is 3. The molecule has 172 valence electrons. The van der Waals surface area contributed by atoms with Gasteiger partial charge in [0, 0.05) is 24.3 Å². The van der Waals surface area contributed by atoms with Crippen LogP contribution in [0.3, 0.4) is 0 Å². The van der Waals surface area contributed by atoms with Crippen molar-refractivity contribution in [2.45, 2.75) is 48.2 Å². The van der Waals surface area contributed by atoms with Gasteiger partial charge in [0.05, 0.1) is 38.2 Å². The summed E-state index contributed by atoms with van der Waals surface area (Å²) in [6.07, 6.45) is -0.241. The first-order chi connectivity index (χ1) is 14.7. The van der Waals surface area contributed by atoms with Crippen molar-refractivity contribution in [3.63, 3.8) is 0 Å². The fourth-order valence-electron chi connectivity index (χ4n) is 3.81. The maximum Gasteiger partial charge on any atom is 0.259 e. The van der Waals surface area contributed by atoms with Crippen LogP contribution >= 0.6 is 0 Å². The van der Waals surface area contributed by atoms with Gasteiger partial charge in [-0.15, -0.1) is 0 Å². The molecule has 2 aromatic rings. The lowest BCUT2D eigenvalue weighted by atomic mass is 9.89. The van der Waals surface area contributed by atoms with Crippen molar-refractivity contribution in [2.75, 3.05) is 6.26 Å². The van der Waals surface area contributed by atoms with Gasteiger partial charge in [-0.3, -0.25) is 5.14 Å². The van der Waals surface area contributed by atoms with E-state index in [1.54, 1.807) is 6.07 Å². The highest BCUT2D eigenvalue weighted by Crippen LogP contribution is 2.54. The van der Waals surface area contributed by atoms with Gasteiger partial charge in [0.1, 0.15) is 17.3 Å². The highest BCUT2D eigenvalue weighted by atomic mass is 32.2. The lowest BCUT2D eigenvalue weighted by molar-refractivity contribution is -0.0204. The highest BCUT2D eigenvalue weighted by Gasteiger charge is 2.53. The smallest absolute Gasteiger partial charge is 0.259 e. The number of sulfone groups is 1. The maximum absolute atomic E-state index is 15.2. The first-order valence-corrected chi connectivity index (χ1v) is 12.5. The molecule has 2 aromatic carbocycles. The molecule has 0 amide bonds. The SMILES string of the molecule is CC(C)(C[C@H]1c2c(S(C)(=O)=O)ccc(Oc3cc(F)cc(C#N)c3)c2CC1(F)F)S(N)=O. The minimum Gasteiger partial charge on any atom is -0.457 e. The Bertz CT molecular complexity index is 1250. The van der Waals surface area contributed by atoms with Crippen molar-refractivity contribution in [1.82, 2.24) is 0 Å². The van der Waals surface area contributed by atoms with Gasteiger partial charge < -0.3 is 4.74 Å². The molecule has 0 fully saturated rings. The normalized spacial score (nSPS) is 18.6. The summed E-state index contributed by atoms with van der Waals surface area (Å²) in [5.74, 6) is -5.85. The number of hydrogen-bond donors (Lipinski definition) is 1. The summed E-state index contributed by atoms with van der Waals surface area (Å²) >= 11 is 0. The van der Waals surface area contributed by atoms with Crippen LogP contribution in [0.15, 0.2) is 35.2 Å². The van der Waals surface area contributed by atoms with Crippen LogP contribution in [0.2, 0.25) is 0 Å². The molecule has 0 bridgehead atoms. The molecule has 0 heterocycles. The summed E-state index contributed by atoms with van der Waals surface area (Å²) in [6.45, 7) is 2.93. The topological polar surface area (TPSA) is 110 Å². The van der Waals surface area contributed by atoms with Crippen LogP contribution in [0.5, 0.6) is 11.5 Å². The minimum atomic E-state index is -3.89. The molecule has 3 rings (SSSR count). The van der Waals surface area contributed by atoms with Crippen molar-refractivity contribution in [3.05, 3.63) is 52.8 Å². The lowest BCUT2D eigenvalue weighted by Crippen LogP contribution is -2.37. The van der Waals surface area contributed by atoms with E-state index in [2.05, 4.69) is 0 Å². The van der Waals surface area contributed by atoms with E-state index in [1.165, 1.54) is 26.0 Å². The Hall–Kier alpha value is -2.42. The molecule has 6 nitrogen and oxygen atoms in total. The Balaban J connectivity index is 2.19. The summed E-state index contributed by atoms with van der Waals surface area (Å²) in [4.78, 5) is -0.280. The average molecular weight is 487 g/mol. The predicted octanol–water partition coefficient (Wildman–Crippen LogP) is 3.96. The zero-order valence-electron chi connectivity index (χ0n) is 17.5. The Morgan fingerprint density at radius 3 is 2.53 bits per heavy atom. The molecule has 0 saturated heterocycles. The van der Waals surface area contributed by atoms with Crippen LogP contribution < -0.4 is 9.88 Å². The largest absolute Gasteiger partial charge is 0.457 e. The third-order valence-corrected chi connectivity index (χ3v) is 7.82. The first kappa shape index (κ1) is 24.2. The molecule has 2 N–H and O–H groups in total. The lowest BCUT2D eigenvalue weighted by Gasteiger charge is -2.29. The fourth-order valence-corrected chi connectivity index (χ4v) is 5.13. The van der Waals surface area contributed by atoms with Crippen molar-refractivity contribution in [3.8, 4) is 17.6 Å². The third kappa shape index (κ3) is 4.67. The van der Waals surface area contributed by atoms with Crippen LogP contribution in [-0.2, 0) is 27.2 Å². The standard InChI is InChI=1S/C21H21F3N2O4S2/c1-20(2,31(26)27)10-16-19-15(9-21(16,23)24)17(4-5-18(19)32(3,28)29)30-14-7-12(11-25)6-13(22)8-14/h4-8,16H,9-10,26H2,1-3H3/t16-,31?/m0/s1. The van der Waals surface area contributed by atoms with Crippen LogP contribution in [-0.4, -0.2) is 29.6 Å². The molecule has 0 aromatic heterocycles. The fraction of sp³-hybridized carbons (Fsp3) is 0.381. The molecular formula is C21H21F3N2O4S2. The van der Waals surface area contributed by atoms with Crippen LogP contribution in [0.25, 0.3) is 0 Å². The number of fused-ring (bicyclic) bond motifs is 1. The Morgan fingerprint density at radius 2 is 1.97 bits per heavy atom. The average Bonchev–Trinajstić information content (AvgIpc) is 2.91. The van der Waals surface area contributed by atoms with Gasteiger partial charge in [-0.25, -0.2) is 25.8 Å². The second kappa shape index (κ2) is 8.17. The van der Waals surface area contributed by atoms with E-state index < -0.39 is 49.6 Å². The number of nitriles is 1. The molecule has 1 unspecified atom stereocenters. The Kier molecular flexibility index (Phi) is 6.19. The van der Waals surface area contributed by atoms with Crippen molar-refractivity contribution < 1.29 is 30.5 Å². The van der Waals surface area contributed by atoms with E-state index in [0.29, 0.717) is 0 Å². The molecule has 0 radical (unpaired) electrons. The van der Waals surface area contributed by atoms with Crippen molar-refractivity contribution in [2.24, 2.45) is 5.14 Å². The number of nitrogens with zero attached hydrogens (tertiary/aromatic N) is 1. The van der Waals surface area contributed by atoms with Gasteiger partial charge in [-0.2, -0.15) is 5.26 Å². The second-order valence-electron chi connectivity index (χ2n) is 8.37. The van der Waals surface area contributed by atoms with E-state index in [9.17, 15) is 17.0 Å². The van der Waals surface area contributed by atoms with Crippen LogP contribution in [0, 0.1) is 17.1 Å². The molecule has 0 aliphatic heterocycles. The summed E-state index contributed by atoms with van der Waals surface area (Å²) < 4.78 is 85.2. The predicted molar refractivity (Wildman–Crippen MR) is 113 cm³/mol. The number of nitrogens with two attached hydrogens (primary N) is 1. The second-order valence-corrected chi connectivity index (χ2v) is 12.1.